The van der Waals surface area contributed by atoms with Gasteiger partial charge in [-0.2, -0.15) is 4.31 Å². The van der Waals surface area contributed by atoms with E-state index in [4.69, 9.17) is 0 Å². The maximum absolute atomic E-state index is 12.8. The minimum atomic E-state index is -3.77. The van der Waals surface area contributed by atoms with Crippen LogP contribution in [0, 0.1) is 5.92 Å². The number of aliphatic carboxylic acids is 1. The van der Waals surface area contributed by atoms with Crippen molar-refractivity contribution in [3.63, 3.8) is 0 Å². The Morgan fingerprint density at radius 3 is 2.65 bits per heavy atom. The van der Waals surface area contributed by atoms with E-state index in [2.05, 4.69) is 15.9 Å². The lowest BCUT2D eigenvalue weighted by Gasteiger charge is -2.25. The average molecular weight is 398 g/mol. The van der Waals surface area contributed by atoms with E-state index in [1.165, 1.54) is 16.1 Å². The highest BCUT2D eigenvalue weighted by Crippen LogP contribution is 2.48. The minimum absolute atomic E-state index is 0.192. The van der Waals surface area contributed by atoms with Gasteiger partial charge in [-0.1, -0.05) is 0 Å². The highest BCUT2D eigenvalue weighted by atomic mass is 79.9. The highest BCUT2D eigenvalue weighted by Gasteiger charge is 2.52. The molecule has 0 radical (unpaired) electrons. The second-order valence-electron chi connectivity index (χ2n) is 4.81. The standard InChI is InChI=1S/C11H12BrNO4S3/c12-7-3-4-18-11(7)20(16,17)13-8(10(14)15)5-19-9(13)6-1-2-6/h3-4,6,8-9H,1-2,5H2,(H,14,15). The molecule has 2 fully saturated rings. The van der Waals surface area contributed by atoms with Crippen LogP contribution in [0.5, 0.6) is 0 Å². The monoisotopic (exact) mass is 397 g/mol. The smallest absolute Gasteiger partial charge is 0.322 e. The lowest BCUT2D eigenvalue weighted by atomic mass is 10.3. The first-order valence-corrected chi connectivity index (χ1v) is 10.2. The second-order valence-corrected chi connectivity index (χ2v) is 9.76. The van der Waals surface area contributed by atoms with Crippen molar-refractivity contribution in [1.29, 1.82) is 0 Å². The zero-order valence-electron chi connectivity index (χ0n) is 10.2. The van der Waals surface area contributed by atoms with Crippen molar-refractivity contribution < 1.29 is 18.3 Å². The molecule has 1 N–H and O–H groups in total. The number of carboxylic acids is 1. The summed E-state index contributed by atoms with van der Waals surface area (Å²) in [6, 6.07) is 0.701. The summed E-state index contributed by atoms with van der Waals surface area (Å²) in [6.45, 7) is 0. The molecule has 1 saturated heterocycles. The van der Waals surface area contributed by atoms with Gasteiger partial charge >= 0.3 is 5.97 Å². The number of halogens is 1. The predicted molar refractivity (Wildman–Crippen MR) is 81.4 cm³/mol. The summed E-state index contributed by atoms with van der Waals surface area (Å²) >= 11 is 5.78. The molecule has 2 atom stereocenters. The number of carbonyl (C=O) groups is 1. The maximum Gasteiger partial charge on any atom is 0.322 e. The molecule has 0 amide bonds. The normalized spacial score (nSPS) is 27.9. The van der Waals surface area contributed by atoms with Crippen LogP contribution in [0.3, 0.4) is 0 Å². The van der Waals surface area contributed by atoms with E-state index in [0.29, 0.717) is 10.2 Å². The van der Waals surface area contributed by atoms with E-state index in [1.54, 1.807) is 11.4 Å². The molecule has 0 spiro atoms. The molecule has 110 valence electrons. The minimum Gasteiger partial charge on any atom is -0.480 e. The molecule has 2 heterocycles. The van der Waals surface area contributed by atoms with Crippen molar-refractivity contribution in [3.05, 3.63) is 15.9 Å². The third-order valence-corrected chi connectivity index (χ3v) is 9.52. The van der Waals surface area contributed by atoms with Gasteiger partial charge in [0.15, 0.2) is 0 Å². The largest absolute Gasteiger partial charge is 0.480 e. The molecule has 20 heavy (non-hydrogen) atoms. The molecule has 3 rings (SSSR count). The van der Waals surface area contributed by atoms with Crippen molar-refractivity contribution in [2.45, 2.75) is 28.5 Å². The summed E-state index contributed by atoms with van der Waals surface area (Å²) in [5.74, 6) is -0.464. The van der Waals surface area contributed by atoms with E-state index < -0.39 is 22.0 Å². The number of hydrogen-bond donors (Lipinski definition) is 1. The number of carboxylic acid groups (broad SMARTS) is 1. The molecule has 0 aromatic carbocycles. The van der Waals surface area contributed by atoms with Gasteiger partial charge in [-0.3, -0.25) is 4.79 Å². The summed E-state index contributed by atoms with van der Waals surface area (Å²) in [6.07, 6.45) is 1.95. The third-order valence-electron chi connectivity index (χ3n) is 3.39. The summed E-state index contributed by atoms with van der Waals surface area (Å²) in [7, 11) is -3.77. The van der Waals surface area contributed by atoms with Gasteiger partial charge in [-0.05, 0) is 46.1 Å². The summed E-state index contributed by atoms with van der Waals surface area (Å²) in [5.41, 5.74) is 0. The zero-order chi connectivity index (χ0) is 14.5. The fourth-order valence-electron chi connectivity index (χ4n) is 2.28. The van der Waals surface area contributed by atoms with E-state index >= 15 is 0 Å². The van der Waals surface area contributed by atoms with Crippen LogP contribution in [0.15, 0.2) is 20.1 Å². The summed E-state index contributed by atoms with van der Waals surface area (Å²) in [4.78, 5) is 11.4. The topological polar surface area (TPSA) is 74.7 Å². The Balaban J connectivity index is 2.03. The van der Waals surface area contributed by atoms with Crippen LogP contribution in [0.25, 0.3) is 0 Å². The predicted octanol–water partition coefficient (Wildman–Crippen LogP) is 2.44. The van der Waals surface area contributed by atoms with Crippen LogP contribution in [0.4, 0.5) is 0 Å². The molecule has 1 aliphatic heterocycles. The zero-order valence-corrected chi connectivity index (χ0v) is 14.3. The van der Waals surface area contributed by atoms with Crippen LogP contribution in [-0.4, -0.2) is 41.0 Å². The van der Waals surface area contributed by atoms with Crippen molar-refractivity contribution >= 4 is 55.0 Å². The van der Waals surface area contributed by atoms with E-state index in [9.17, 15) is 18.3 Å². The van der Waals surface area contributed by atoms with Crippen LogP contribution < -0.4 is 0 Å². The third kappa shape index (κ3) is 2.43. The Kier molecular flexibility index (Phi) is 3.91. The fourth-order valence-corrected chi connectivity index (χ4v) is 8.49. The number of thiophene rings is 1. The average Bonchev–Trinajstić information content (AvgIpc) is 2.95. The van der Waals surface area contributed by atoms with Crippen LogP contribution >= 0.6 is 39.0 Å². The van der Waals surface area contributed by atoms with Crippen molar-refractivity contribution in [1.82, 2.24) is 4.31 Å². The Bertz CT molecular complexity index is 640. The van der Waals surface area contributed by atoms with Gasteiger partial charge in [-0.15, -0.1) is 23.1 Å². The Hall–Kier alpha value is -0.0900. The van der Waals surface area contributed by atoms with E-state index in [1.807, 2.05) is 0 Å². The molecule has 1 saturated carbocycles. The first-order valence-electron chi connectivity index (χ1n) is 6.04. The lowest BCUT2D eigenvalue weighted by Crippen LogP contribution is -2.46. The van der Waals surface area contributed by atoms with Crippen molar-refractivity contribution in [2.75, 3.05) is 5.75 Å². The first kappa shape index (κ1) is 14.8. The number of hydrogen-bond acceptors (Lipinski definition) is 5. The molecular formula is C11H12BrNO4S3. The highest BCUT2D eigenvalue weighted by molar-refractivity contribution is 9.10. The molecule has 0 bridgehead atoms. The van der Waals surface area contributed by atoms with Gasteiger partial charge in [0.25, 0.3) is 10.0 Å². The molecule has 2 aliphatic rings. The molecule has 5 nitrogen and oxygen atoms in total. The number of rotatable bonds is 4. The van der Waals surface area contributed by atoms with Gasteiger partial charge in [-0.25, -0.2) is 8.42 Å². The Labute approximate surface area is 133 Å². The molecule has 1 aliphatic carbocycles. The van der Waals surface area contributed by atoms with Crippen molar-refractivity contribution in [3.8, 4) is 0 Å². The van der Waals surface area contributed by atoms with Gasteiger partial charge in [0.05, 0.1) is 5.37 Å². The van der Waals surface area contributed by atoms with Gasteiger partial charge in [0.1, 0.15) is 10.3 Å². The molecule has 1 aromatic heterocycles. The SMILES string of the molecule is O=C(O)C1CSC(C2CC2)N1S(=O)(=O)c1sccc1Br. The number of sulfonamides is 1. The van der Waals surface area contributed by atoms with Gasteiger partial charge < -0.3 is 5.11 Å². The Morgan fingerprint density at radius 1 is 1.45 bits per heavy atom. The van der Waals surface area contributed by atoms with Gasteiger partial charge in [0.2, 0.25) is 0 Å². The van der Waals surface area contributed by atoms with Crippen LogP contribution in [0.1, 0.15) is 12.8 Å². The lowest BCUT2D eigenvalue weighted by molar-refractivity contribution is -0.140. The quantitative estimate of drug-likeness (QED) is 0.844. The van der Waals surface area contributed by atoms with Crippen molar-refractivity contribution in [2.24, 2.45) is 5.92 Å². The summed E-state index contributed by atoms with van der Waals surface area (Å²) < 4.78 is 27.5. The second kappa shape index (κ2) is 5.28. The molecule has 9 heteroatoms. The van der Waals surface area contributed by atoms with E-state index in [-0.39, 0.29) is 15.5 Å². The van der Waals surface area contributed by atoms with Crippen LogP contribution in [-0.2, 0) is 14.8 Å². The molecular weight excluding hydrogens is 386 g/mol. The molecule has 2 unspecified atom stereocenters. The Morgan fingerprint density at radius 2 is 2.15 bits per heavy atom. The fraction of sp³-hybridized carbons (Fsp3) is 0.545. The first-order chi connectivity index (χ1) is 9.43. The number of nitrogens with zero attached hydrogens (tertiary/aromatic N) is 1. The van der Waals surface area contributed by atoms with Gasteiger partial charge in [0, 0.05) is 10.2 Å². The molecule has 1 aromatic rings. The van der Waals surface area contributed by atoms with Crippen LogP contribution in [0.2, 0.25) is 0 Å². The number of thioether (sulfide) groups is 1. The summed E-state index contributed by atoms with van der Waals surface area (Å²) in [5, 5.41) is 10.7. The maximum atomic E-state index is 12.8. The van der Waals surface area contributed by atoms with E-state index in [0.717, 1.165) is 24.2 Å².